The Hall–Kier alpha value is -1.63. The predicted octanol–water partition coefficient (Wildman–Crippen LogP) is 2.39. The number of halogens is 2. The zero-order chi connectivity index (χ0) is 14.9. The zero-order valence-corrected chi connectivity index (χ0v) is 12.0. The number of aromatic nitrogens is 2. The minimum Gasteiger partial charge on any atom is -0.398 e. The van der Waals surface area contributed by atoms with Crippen LogP contribution < -0.4 is 17.0 Å². The Kier molecular flexibility index (Phi) is 4.27. The summed E-state index contributed by atoms with van der Waals surface area (Å²) >= 11 is 6.19. The normalized spacial score (nSPS) is 12.9. The van der Waals surface area contributed by atoms with Gasteiger partial charge in [-0.15, -0.1) is 0 Å². The summed E-state index contributed by atoms with van der Waals surface area (Å²) in [5.41, 5.74) is 10.2. The molecule has 0 spiro atoms. The van der Waals surface area contributed by atoms with E-state index in [4.69, 9.17) is 23.2 Å². The van der Waals surface area contributed by atoms with Crippen LogP contribution in [0, 0.1) is 5.82 Å². The van der Waals surface area contributed by atoms with Gasteiger partial charge in [-0.2, -0.15) is 5.10 Å². The smallest absolute Gasteiger partial charge is 0.123 e. The average Bonchev–Trinajstić information content (AvgIpc) is 2.77. The molecule has 0 aliphatic heterocycles. The fraction of sp³-hybridized carbons (Fsp3) is 0.308. The lowest BCUT2D eigenvalue weighted by Crippen LogP contribution is -2.32. The highest BCUT2D eigenvalue weighted by Gasteiger charge is 2.24. The van der Waals surface area contributed by atoms with Crippen LogP contribution >= 0.6 is 11.6 Å². The molecule has 1 atom stereocenters. The third-order valence-corrected chi connectivity index (χ3v) is 3.37. The SMILES string of the molecule is CC(C)n1ncc(Cl)c1C(NN)c1cc(F)ccc1N. The molecule has 0 amide bonds. The van der Waals surface area contributed by atoms with Crippen molar-refractivity contribution in [2.75, 3.05) is 5.73 Å². The molecule has 0 bridgehead atoms. The standard InChI is InChI=1S/C13H17ClFN5/c1-7(2)20-13(10(14)6-18-20)12(19-17)9-5-8(15)3-4-11(9)16/h3-7,12,19H,16-17H2,1-2H3. The summed E-state index contributed by atoms with van der Waals surface area (Å²) in [7, 11) is 0. The van der Waals surface area contributed by atoms with Gasteiger partial charge < -0.3 is 5.73 Å². The van der Waals surface area contributed by atoms with Gasteiger partial charge in [0.15, 0.2) is 0 Å². The number of nitrogens with one attached hydrogen (secondary N) is 1. The Balaban J connectivity index is 2.58. The lowest BCUT2D eigenvalue weighted by Gasteiger charge is -2.22. The largest absolute Gasteiger partial charge is 0.398 e. The molecule has 0 saturated carbocycles. The molecular weight excluding hydrogens is 281 g/mol. The zero-order valence-electron chi connectivity index (χ0n) is 11.3. The van der Waals surface area contributed by atoms with Crippen LogP contribution in [-0.2, 0) is 0 Å². The maximum absolute atomic E-state index is 13.5. The fourth-order valence-electron chi connectivity index (χ4n) is 2.14. The van der Waals surface area contributed by atoms with E-state index in [1.807, 2.05) is 13.8 Å². The van der Waals surface area contributed by atoms with Gasteiger partial charge in [0.1, 0.15) is 5.82 Å². The highest BCUT2D eigenvalue weighted by molar-refractivity contribution is 6.31. The number of rotatable bonds is 4. The lowest BCUT2D eigenvalue weighted by molar-refractivity contribution is 0.476. The maximum atomic E-state index is 13.5. The monoisotopic (exact) mass is 297 g/mol. The Bertz CT molecular complexity index is 611. The quantitative estimate of drug-likeness (QED) is 0.460. The van der Waals surface area contributed by atoms with Gasteiger partial charge in [0, 0.05) is 17.3 Å². The molecule has 20 heavy (non-hydrogen) atoms. The van der Waals surface area contributed by atoms with Crippen molar-refractivity contribution in [1.82, 2.24) is 15.2 Å². The summed E-state index contributed by atoms with van der Waals surface area (Å²) in [5, 5.41) is 4.67. The number of nitrogens with two attached hydrogens (primary N) is 2. The molecule has 2 rings (SSSR count). The van der Waals surface area contributed by atoms with Crippen molar-refractivity contribution in [3.05, 3.63) is 46.5 Å². The number of benzene rings is 1. The van der Waals surface area contributed by atoms with Crippen LogP contribution in [0.5, 0.6) is 0 Å². The summed E-state index contributed by atoms with van der Waals surface area (Å²) in [6.45, 7) is 3.94. The van der Waals surface area contributed by atoms with Crippen LogP contribution in [0.2, 0.25) is 5.02 Å². The van der Waals surface area contributed by atoms with E-state index in [1.54, 1.807) is 4.68 Å². The number of anilines is 1. The maximum Gasteiger partial charge on any atom is 0.123 e. The van der Waals surface area contributed by atoms with Gasteiger partial charge in [-0.1, -0.05) is 11.6 Å². The van der Waals surface area contributed by atoms with Gasteiger partial charge in [0.05, 0.1) is 23.0 Å². The van der Waals surface area contributed by atoms with E-state index in [-0.39, 0.29) is 11.9 Å². The van der Waals surface area contributed by atoms with Crippen molar-refractivity contribution in [1.29, 1.82) is 0 Å². The summed E-state index contributed by atoms with van der Waals surface area (Å²) in [6, 6.07) is 3.69. The van der Waals surface area contributed by atoms with Gasteiger partial charge in [-0.3, -0.25) is 10.5 Å². The highest BCUT2D eigenvalue weighted by Crippen LogP contribution is 2.32. The molecule has 108 valence electrons. The second kappa shape index (κ2) is 5.78. The van der Waals surface area contributed by atoms with Crippen molar-refractivity contribution in [2.45, 2.75) is 25.9 Å². The van der Waals surface area contributed by atoms with Gasteiger partial charge in [0.2, 0.25) is 0 Å². The van der Waals surface area contributed by atoms with Crippen molar-refractivity contribution in [3.8, 4) is 0 Å². The first kappa shape index (κ1) is 14.8. The van der Waals surface area contributed by atoms with E-state index in [0.29, 0.717) is 22.0 Å². The Morgan fingerprint density at radius 3 is 2.70 bits per heavy atom. The Labute approximate surface area is 121 Å². The van der Waals surface area contributed by atoms with E-state index in [9.17, 15) is 4.39 Å². The van der Waals surface area contributed by atoms with Gasteiger partial charge in [-0.25, -0.2) is 9.82 Å². The first-order valence-corrected chi connectivity index (χ1v) is 6.57. The van der Waals surface area contributed by atoms with Crippen LogP contribution in [0.25, 0.3) is 0 Å². The van der Waals surface area contributed by atoms with Crippen molar-refractivity contribution in [3.63, 3.8) is 0 Å². The second-order valence-corrected chi connectivity index (χ2v) is 5.20. The third-order valence-electron chi connectivity index (χ3n) is 3.08. The summed E-state index contributed by atoms with van der Waals surface area (Å²) in [6.07, 6.45) is 1.54. The Morgan fingerprint density at radius 2 is 2.10 bits per heavy atom. The molecule has 0 radical (unpaired) electrons. The van der Waals surface area contributed by atoms with Gasteiger partial charge >= 0.3 is 0 Å². The predicted molar refractivity (Wildman–Crippen MR) is 77.6 cm³/mol. The number of hydrazine groups is 1. The molecule has 7 heteroatoms. The van der Waals surface area contributed by atoms with Crippen molar-refractivity contribution in [2.24, 2.45) is 5.84 Å². The van der Waals surface area contributed by atoms with E-state index in [1.165, 1.54) is 24.4 Å². The topological polar surface area (TPSA) is 81.9 Å². The molecule has 0 aliphatic rings. The van der Waals surface area contributed by atoms with Gasteiger partial charge in [0.25, 0.3) is 0 Å². The molecule has 0 fully saturated rings. The molecule has 5 N–H and O–H groups in total. The highest BCUT2D eigenvalue weighted by atomic mass is 35.5. The summed E-state index contributed by atoms with van der Waals surface area (Å²) in [5.74, 6) is 5.24. The number of nitrogens with zero attached hydrogens (tertiary/aromatic N) is 2. The van der Waals surface area contributed by atoms with Crippen LogP contribution in [-0.4, -0.2) is 9.78 Å². The van der Waals surface area contributed by atoms with E-state index >= 15 is 0 Å². The Morgan fingerprint density at radius 1 is 1.40 bits per heavy atom. The first-order chi connectivity index (χ1) is 9.45. The molecule has 0 aliphatic carbocycles. The average molecular weight is 298 g/mol. The number of hydrogen-bond acceptors (Lipinski definition) is 4. The molecule has 1 heterocycles. The van der Waals surface area contributed by atoms with E-state index in [0.717, 1.165) is 0 Å². The number of hydrogen-bond donors (Lipinski definition) is 3. The number of nitrogen functional groups attached to an aromatic ring is 1. The van der Waals surface area contributed by atoms with Crippen LogP contribution in [0.3, 0.4) is 0 Å². The minimum atomic E-state index is -0.539. The molecule has 0 saturated heterocycles. The molecule has 2 aromatic rings. The third kappa shape index (κ3) is 2.63. The summed E-state index contributed by atoms with van der Waals surface area (Å²) < 4.78 is 15.2. The lowest BCUT2D eigenvalue weighted by atomic mass is 10.0. The van der Waals surface area contributed by atoms with Crippen LogP contribution in [0.1, 0.15) is 37.2 Å². The fourth-order valence-corrected chi connectivity index (χ4v) is 2.38. The van der Waals surface area contributed by atoms with Crippen LogP contribution in [0.4, 0.5) is 10.1 Å². The summed E-state index contributed by atoms with van der Waals surface area (Å²) in [4.78, 5) is 0. The second-order valence-electron chi connectivity index (χ2n) is 4.79. The van der Waals surface area contributed by atoms with Crippen molar-refractivity contribution >= 4 is 17.3 Å². The van der Waals surface area contributed by atoms with Gasteiger partial charge in [-0.05, 0) is 32.0 Å². The molecule has 5 nitrogen and oxygen atoms in total. The molecule has 1 unspecified atom stereocenters. The van der Waals surface area contributed by atoms with Crippen LogP contribution in [0.15, 0.2) is 24.4 Å². The molecule has 1 aromatic carbocycles. The van der Waals surface area contributed by atoms with E-state index < -0.39 is 6.04 Å². The minimum absolute atomic E-state index is 0.0862. The molecular formula is C13H17ClFN5. The first-order valence-electron chi connectivity index (χ1n) is 6.19. The van der Waals surface area contributed by atoms with Crippen molar-refractivity contribution < 1.29 is 4.39 Å². The van der Waals surface area contributed by atoms with E-state index in [2.05, 4.69) is 10.5 Å². The molecule has 1 aromatic heterocycles.